The SMILES string of the molecule is CCC(Nc1ccccc1)(C(=O)OC)c1ccc(O)cc1. The topological polar surface area (TPSA) is 58.6 Å². The van der Waals surface area contributed by atoms with Gasteiger partial charge in [0.2, 0.25) is 0 Å². The number of esters is 1. The molecule has 2 aromatic rings. The second kappa shape index (κ2) is 6.31. The number of hydrogen-bond donors (Lipinski definition) is 2. The third kappa shape index (κ3) is 2.99. The van der Waals surface area contributed by atoms with Crippen LogP contribution < -0.4 is 5.32 Å². The minimum absolute atomic E-state index is 0.160. The van der Waals surface area contributed by atoms with Crippen LogP contribution in [-0.2, 0) is 15.1 Å². The first-order valence-electron chi connectivity index (χ1n) is 6.83. The molecule has 4 heteroatoms. The number of phenolic OH excluding ortho intramolecular Hbond substituents is 1. The first kappa shape index (κ1) is 14.9. The average Bonchev–Trinajstić information content (AvgIpc) is 2.54. The molecule has 110 valence electrons. The van der Waals surface area contributed by atoms with Gasteiger partial charge in [0.1, 0.15) is 5.75 Å². The van der Waals surface area contributed by atoms with E-state index in [2.05, 4.69) is 5.32 Å². The van der Waals surface area contributed by atoms with Gasteiger partial charge in [-0.3, -0.25) is 0 Å². The van der Waals surface area contributed by atoms with Crippen LogP contribution in [0, 0.1) is 0 Å². The van der Waals surface area contributed by atoms with Crippen LogP contribution in [0.4, 0.5) is 5.69 Å². The molecule has 2 aromatic carbocycles. The number of carbonyl (C=O) groups excluding carboxylic acids is 1. The molecular weight excluding hydrogens is 266 g/mol. The molecule has 0 aromatic heterocycles. The summed E-state index contributed by atoms with van der Waals surface area (Å²) in [5, 5.41) is 12.7. The summed E-state index contributed by atoms with van der Waals surface area (Å²) in [5.74, 6) is -0.201. The fourth-order valence-electron chi connectivity index (χ4n) is 2.37. The maximum atomic E-state index is 12.4. The van der Waals surface area contributed by atoms with Crippen LogP contribution in [0.3, 0.4) is 0 Å². The highest BCUT2D eigenvalue weighted by Crippen LogP contribution is 2.32. The van der Waals surface area contributed by atoms with Crippen LogP contribution in [0.15, 0.2) is 54.6 Å². The van der Waals surface area contributed by atoms with E-state index in [1.54, 1.807) is 24.3 Å². The normalized spacial score (nSPS) is 13.2. The molecule has 2 N–H and O–H groups in total. The smallest absolute Gasteiger partial charge is 0.336 e. The molecule has 2 rings (SSSR count). The fraction of sp³-hybridized carbons (Fsp3) is 0.235. The van der Waals surface area contributed by atoms with Crippen LogP contribution in [-0.4, -0.2) is 18.2 Å². The van der Waals surface area contributed by atoms with Gasteiger partial charge in [0.25, 0.3) is 0 Å². The summed E-state index contributed by atoms with van der Waals surface area (Å²) in [6.07, 6.45) is 0.513. The van der Waals surface area contributed by atoms with Gasteiger partial charge in [-0.2, -0.15) is 0 Å². The predicted octanol–water partition coefficient (Wildman–Crippen LogP) is 3.28. The molecule has 1 unspecified atom stereocenters. The quantitative estimate of drug-likeness (QED) is 0.828. The van der Waals surface area contributed by atoms with E-state index in [0.29, 0.717) is 6.42 Å². The number of anilines is 1. The Hall–Kier alpha value is -2.49. The summed E-state index contributed by atoms with van der Waals surface area (Å²) in [6, 6.07) is 16.1. The van der Waals surface area contributed by atoms with E-state index in [1.165, 1.54) is 7.11 Å². The standard InChI is InChI=1S/C17H19NO3/c1-3-17(16(20)21-2,13-9-11-15(19)12-10-13)18-14-7-5-4-6-8-14/h4-12,18-19H,3H2,1-2H3. The molecule has 0 fully saturated rings. The van der Waals surface area contributed by atoms with Gasteiger partial charge in [-0.1, -0.05) is 37.3 Å². The monoisotopic (exact) mass is 285 g/mol. The van der Waals surface area contributed by atoms with Crippen molar-refractivity contribution in [2.45, 2.75) is 18.9 Å². The van der Waals surface area contributed by atoms with Crippen molar-refractivity contribution in [3.05, 3.63) is 60.2 Å². The van der Waals surface area contributed by atoms with Gasteiger partial charge in [0, 0.05) is 5.69 Å². The molecule has 4 nitrogen and oxygen atoms in total. The molecule has 0 saturated carbocycles. The number of hydrogen-bond acceptors (Lipinski definition) is 4. The van der Waals surface area contributed by atoms with E-state index in [0.717, 1.165) is 11.3 Å². The molecule has 0 radical (unpaired) electrons. The molecule has 0 aliphatic carbocycles. The van der Waals surface area contributed by atoms with Gasteiger partial charge >= 0.3 is 5.97 Å². The first-order valence-corrected chi connectivity index (χ1v) is 6.83. The lowest BCUT2D eigenvalue weighted by atomic mass is 9.86. The van der Waals surface area contributed by atoms with Crippen molar-refractivity contribution in [1.29, 1.82) is 0 Å². The number of para-hydroxylation sites is 1. The number of benzene rings is 2. The zero-order valence-corrected chi connectivity index (χ0v) is 12.2. The van der Waals surface area contributed by atoms with Crippen LogP contribution in [0.5, 0.6) is 5.75 Å². The van der Waals surface area contributed by atoms with Crippen molar-refractivity contribution in [1.82, 2.24) is 0 Å². The Balaban J connectivity index is 2.47. The van der Waals surface area contributed by atoms with Crippen LogP contribution in [0.1, 0.15) is 18.9 Å². The predicted molar refractivity (Wildman–Crippen MR) is 82.2 cm³/mol. The number of methoxy groups -OCH3 is 1. The van der Waals surface area contributed by atoms with E-state index >= 15 is 0 Å². The summed E-state index contributed by atoms with van der Waals surface area (Å²) >= 11 is 0. The molecule has 0 heterocycles. The summed E-state index contributed by atoms with van der Waals surface area (Å²) in [5.41, 5.74) is 0.598. The summed E-state index contributed by atoms with van der Waals surface area (Å²) in [4.78, 5) is 12.4. The van der Waals surface area contributed by atoms with Crippen molar-refractivity contribution < 1.29 is 14.6 Å². The molecule has 0 spiro atoms. The van der Waals surface area contributed by atoms with E-state index < -0.39 is 5.54 Å². The fourth-order valence-corrected chi connectivity index (χ4v) is 2.37. The maximum Gasteiger partial charge on any atom is 0.336 e. The summed E-state index contributed by atoms with van der Waals surface area (Å²) < 4.78 is 5.00. The lowest BCUT2D eigenvalue weighted by molar-refractivity contribution is -0.146. The van der Waals surface area contributed by atoms with E-state index in [9.17, 15) is 9.90 Å². The van der Waals surface area contributed by atoms with Gasteiger partial charge in [0.05, 0.1) is 7.11 Å². The lowest BCUT2D eigenvalue weighted by Crippen LogP contribution is -2.43. The minimum Gasteiger partial charge on any atom is -0.508 e. The molecule has 0 amide bonds. The summed E-state index contributed by atoms with van der Waals surface area (Å²) in [6.45, 7) is 1.92. The van der Waals surface area contributed by atoms with Crippen LogP contribution in [0.2, 0.25) is 0 Å². The van der Waals surface area contributed by atoms with Crippen molar-refractivity contribution in [2.75, 3.05) is 12.4 Å². The zero-order valence-electron chi connectivity index (χ0n) is 12.2. The number of aromatic hydroxyl groups is 1. The van der Waals surface area contributed by atoms with Crippen molar-refractivity contribution >= 4 is 11.7 Å². The Morgan fingerprint density at radius 1 is 1.14 bits per heavy atom. The molecule has 21 heavy (non-hydrogen) atoms. The lowest BCUT2D eigenvalue weighted by Gasteiger charge is -2.32. The van der Waals surface area contributed by atoms with Crippen LogP contribution in [0.25, 0.3) is 0 Å². The molecule has 0 saturated heterocycles. The molecule has 0 aliphatic heterocycles. The molecule has 1 atom stereocenters. The van der Waals surface area contributed by atoms with Gasteiger partial charge in [-0.15, -0.1) is 0 Å². The highest BCUT2D eigenvalue weighted by atomic mass is 16.5. The first-order chi connectivity index (χ1) is 10.1. The molecular formula is C17H19NO3. The second-order valence-electron chi connectivity index (χ2n) is 4.79. The number of nitrogens with one attached hydrogen (secondary N) is 1. The number of phenols is 1. The van der Waals surface area contributed by atoms with Gasteiger partial charge < -0.3 is 15.2 Å². The van der Waals surface area contributed by atoms with E-state index in [1.807, 2.05) is 37.3 Å². The highest BCUT2D eigenvalue weighted by Gasteiger charge is 2.39. The second-order valence-corrected chi connectivity index (χ2v) is 4.79. The van der Waals surface area contributed by atoms with Gasteiger partial charge in [0.15, 0.2) is 5.54 Å². The third-order valence-corrected chi connectivity index (χ3v) is 3.56. The Bertz CT molecular complexity index is 595. The Morgan fingerprint density at radius 2 is 1.76 bits per heavy atom. The number of carbonyl (C=O) groups is 1. The largest absolute Gasteiger partial charge is 0.508 e. The minimum atomic E-state index is -0.982. The highest BCUT2D eigenvalue weighted by molar-refractivity contribution is 5.86. The zero-order chi connectivity index (χ0) is 15.3. The summed E-state index contributed by atoms with van der Waals surface area (Å²) in [7, 11) is 1.37. The van der Waals surface area contributed by atoms with Crippen LogP contribution >= 0.6 is 0 Å². The van der Waals surface area contributed by atoms with Gasteiger partial charge in [-0.25, -0.2) is 4.79 Å². The Labute approximate surface area is 124 Å². The van der Waals surface area contributed by atoms with Crippen molar-refractivity contribution in [3.63, 3.8) is 0 Å². The number of rotatable bonds is 5. The number of ether oxygens (including phenoxy) is 1. The maximum absolute atomic E-state index is 12.4. The Kier molecular flexibility index (Phi) is 4.48. The molecule has 0 aliphatic rings. The third-order valence-electron chi connectivity index (χ3n) is 3.56. The van der Waals surface area contributed by atoms with E-state index in [4.69, 9.17) is 4.74 Å². The average molecular weight is 285 g/mol. The Morgan fingerprint density at radius 3 is 2.29 bits per heavy atom. The van der Waals surface area contributed by atoms with Crippen molar-refractivity contribution in [2.24, 2.45) is 0 Å². The molecule has 0 bridgehead atoms. The van der Waals surface area contributed by atoms with E-state index in [-0.39, 0.29) is 11.7 Å². The van der Waals surface area contributed by atoms with Gasteiger partial charge in [-0.05, 0) is 36.2 Å². The van der Waals surface area contributed by atoms with Crippen molar-refractivity contribution in [3.8, 4) is 5.75 Å².